The monoisotopic (exact) mass is 167 g/mol. The lowest BCUT2D eigenvalue weighted by Crippen LogP contribution is -2.08. The van der Waals surface area contributed by atoms with Crippen LogP contribution in [0.2, 0.25) is 0 Å². The molecular weight excluding hydrogens is 158 g/mol. The molecule has 0 saturated carbocycles. The second kappa shape index (κ2) is 3.71. The van der Waals surface area contributed by atoms with Gasteiger partial charge < -0.3 is 9.47 Å². The van der Waals surface area contributed by atoms with Crippen LogP contribution in [0, 0.1) is 6.92 Å². The van der Waals surface area contributed by atoms with Gasteiger partial charge in [-0.15, -0.1) is 0 Å². The Morgan fingerprint density at radius 3 is 2.92 bits per heavy atom. The van der Waals surface area contributed by atoms with Crippen LogP contribution in [0.4, 0.5) is 4.79 Å². The molecule has 4 heteroatoms. The number of aryl methyl sites for hydroxylation is 1. The van der Waals surface area contributed by atoms with Gasteiger partial charge in [0.05, 0.1) is 12.8 Å². The Morgan fingerprint density at radius 1 is 1.58 bits per heavy atom. The summed E-state index contributed by atoms with van der Waals surface area (Å²) < 4.78 is 9.09. The molecule has 0 amide bonds. The van der Waals surface area contributed by atoms with Crippen molar-refractivity contribution in [2.75, 3.05) is 7.11 Å². The van der Waals surface area contributed by atoms with Crippen molar-refractivity contribution < 1.29 is 14.3 Å². The van der Waals surface area contributed by atoms with E-state index in [-0.39, 0.29) is 0 Å². The van der Waals surface area contributed by atoms with Crippen LogP contribution in [0.5, 0.6) is 5.75 Å². The lowest BCUT2D eigenvalue weighted by molar-refractivity contribution is 0.121. The number of hydrogen-bond acceptors (Lipinski definition) is 4. The van der Waals surface area contributed by atoms with Crippen LogP contribution in [-0.4, -0.2) is 18.2 Å². The number of rotatable bonds is 1. The van der Waals surface area contributed by atoms with Crippen LogP contribution in [0.1, 0.15) is 5.69 Å². The van der Waals surface area contributed by atoms with Crippen molar-refractivity contribution in [2.45, 2.75) is 6.92 Å². The minimum absolute atomic E-state index is 0.421. The standard InChI is InChI=1S/C8H9NO3/c1-6-7(4-3-5-9-6)12-8(10)11-2/h3-5H,1-2H3. The topological polar surface area (TPSA) is 48.4 Å². The van der Waals surface area contributed by atoms with Gasteiger partial charge in [0, 0.05) is 6.20 Å². The van der Waals surface area contributed by atoms with Crippen LogP contribution >= 0.6 is 0 Å². The molecule has 0 saturated heterocycles. The number of hydrogen-bond donors (Lipinski definition) is 0. The number of aromatic nitrogens is 1. The molecule has 1 heterocycles. The predicted molar refractivity (Wildman–Crippen MR) is 42.0 cm³/mol. The first-order valence-corrected chi connectivity index (χ1v) is 3.41. The maximum absolute atomic E-state index is 10.7. The van der Waals surface area contributed by atoms with Gasteiger partial charge in [-0.05, 0) is 19.1 Å². The first-order chi connectivity index (χ1) is 5.74. The number of nitrogens with zero attached hydrogens (tertiary/aromatic N) is 1. The van der Waals surface area contributed by atoms with Crippen LogP contribution in [0.3, 0.4) is 0 Å². The fraction of sp³-hybridized carbons (Fsp3) is 0.250. The zero-order valence-electron chi connectivity index (χ0n) is 6.90. The fourth-order valence-corrected chi connectivity index (χ4v) is 0.709. The number of carbonyl (C=O) groups is 1. The van der Waals surface area contributed by atoms with E-state index in [1.807, 2.05) is 0 Å². The minimum atomic E-state index is -0.730. The van der Waals surface area contributed by atoms with Crippen molar-refractivity contribution in [3.05, 3.63) is 24.0 Å². The number of pyridine rings is 1. The molecule has 0 aliphatic carbocycles. The molecule has 12 heavy (non-hydrogen) atoms. The van der Waals surface area contributed by atoms with Crippen LogP contribution in [0.15, 0.2) is 18.3 Å². The molecule has 0 aliphatic heterocycles. The van der Waals surface area contributed by atoms with Crippen molar-refractivity contribution in [3.8, 4) is 5.75 Å². The Bertz CT molecular complexity index is 285. The van der Waals surface area contributed by atoms with Gasteiger partial charge in [-0.25, -0.2) is 4.79 Å². The zero-order chi connectivity index (χ0) is 8.97. The first-order valence-electron chi connectivity index (χ1n) is 3.41. The highest BCUT2D eigenvalue weighted by molar-refractivity contribution is 5.63. The molecule has 1 aromatic rings. The minimum Gasteiger partial charge on any atom is -0.437 e. The summed E-state index contributed by atoms with van der Waals surface area (Å²) in [7, 11) is 1.26. The lowest BCUT2D eigenvalue weighted by Gasteiger charge is -2.03. The molecule has 0 radical (unpaired) electrons. The maximum Gasteiger partial charge on any atom is 0.513 e. The van der Waals surface area contributed by atoms with Crippen LogP contribution < -0.4 is 4.74 Å². The zero-order valence-corrected chi connectivity index (χ0v) is 6.90. The van der Waals surface area contributed by atoms with Crippen LogP contribution in [-0.2, 0) is 4.74 Å². The maximum atomic E-state index is 10.7. The Kier molecular flexibility index (Phi) is 2.63. The summed E-state index contributed by atoms with van der Waals surface area (Å²) in [5.74, 6) is 0.421. The lowest BCUT2D eigenvalue weighted by atomic mass is 10.3. The van der Waals surface area contributed by atoms with Crippen molar-refractivity contribution in [3.63, 3.8) is 0 Å². The third-order valence-electron chi connectivity index (χ3n) is 1.32. The van der Waals surface area contributed by atoms with E-state index in [1.165, 1.54) is 7.11 Å². The Morgan fingerprint density at radius 2 is 2.33 bits per heavy atom. The quantitative estimate of drug-likeness (QED) is 0.595. The van der Waals surface area contributed by atoms with Crippen molar-refractivity contribution >= 4 is 6.16 Å². The molecule has 0 bridgehead atoms. The van der Waals surface area contributed by atoms with E-state index in [0.717, 1.165) is 0 Å². The van der Waals surface area contributed by atoms with E-state index < -0.39 is 6.16 Å². The average Bonchev–Trinajstić information content (AvgIpc) is 2.09. The molecule has 0 aliphatic rings. The van der Waals surface area contributed by atoms with Crippen molar-refractivity contribution in [1.29, 1.82) is 0 Å². The van der Waals surface area contributed by atoms with Gasteiger partial charge in [-0.3, -0.25) is 4.98 Å². The van der Waals surface area contributed by atoms with E-state index in [1.54, 1.807) is 25.3 Å². The third-order valence-corrected chi connectivity index (χ3v) is 1.32. The van der Waals surface area contributed by atoms with Gasteiger partial charge in [-0.1, -0.05) is 0 Å². The Hall–Kier alpha value is -1.58. The molecule has 0 atom stereocenters. The highest BCUT2D eigenvalue weighted by Gasteiger charge is 2.05. The summed E-state index contributed by atoms with van der Waals surface area (Å²) in [5, 5.41) is 0. The summed E-state index contributed by atoms with van der Waals surface area (Å²) in [6.07, 6.45) is 0.894. The van der Waals surface area contributed by atoms with E-state index in [0.29, 0.717) is 11.4 Å². The molecule has 64 valence electrons. The summed E-state index contributed by atoms with van der Waals surface area (Å²) in [4.78, 5) is 14.6. The van der Waals surface area contributed by atoms with E-state index >= 15 is 0 Å². The molecule has 0 unspecified atom stereocenters. The molecule has 1 rings (SSSR count). The first kappa shape index (κ1) is 8.52. The molecule has 4 nitrogen and oxygen atoms in total. The number of ether oxygens (including phenoxy) is 2. The SMILES string of the molecule is COC(=O)Oc1cccnc1C. The Balaban J connectivity index is 2.75. The highest BCUT2D eigenvalue weighted by Crippen LogP contribution is 2.13. The molecule has 0 aromatic carbocycles. The van der Waals surface area contributed by atoms with Gasteiger partial charge >= 0.3 is 6.16 Å². The van der Waals surface area contributed by atoms with E-state index in [2.05, 4.69) is 9.72 Å². The van der Waals surface area contributed by atoms with E-state index in [9.17, 15) is 4.79 Å². The summed E-state index contributed by atoms with van der Waals surface area (Å²) in [6, 6.07) is 3.34. The molecule has 0 fully saturated rings. The smallest absolute Gasteiger partial charge is 0.437 e. The third kappa shape index (κ3) is 1.95. The van der Waals surface area contributed by atoms with Crippen molar-refractivity contribution in [2.24, 2.45) is 0 Å². The van der Waals surface area contributed by atoms with Crippen molar-refractivity contribution in [1.82, 2.24) is 4.98 Å². The van der Waals surface area contributed by atoms with Gasteiger partial charge in [0.1, 0.15) is 0 Å². The molecular formula is C8H9NO3. The Labute approximate surface area is 70.1 Å². The molecule has 0 spiro atoms. The number of methoxy groups -OCH3 is 1. The second-order valence-corrected chi connectivity index (χ2v) is 2.14. The summed E-state index contributed by atoms with van der Waals surface area (Å²) in [6.45, 7) is 1.75. The van der Waals surface area contributed by atoms with Gasteiger partial charge in [-0.2, -0.15) is 0 Å². The fourth-order valence-electron chi connectivity index (χ4n) is 0.709. The summed E-state index contributed by atoms with van der Waals surface area (Å²) in [5.41, 5.74) is 0.655. The predicted octanol–water partition coefficient (Wildman–Crippen LogP) is 1.54. The van der Waals surface area contributed by atoms with Gasteiger partial charge in [0.15, 0.2) is 5.75 Å². The second-order valence-electron chi connectivity index (χ2n) is 2.14. The average molecular weight is 167 g/mol. The highest BCUT2D eigenvalue weighted by atomic mass is 16.7. The summed E-state index contributed by atoms with van der Waals surface area (Å²) >= 11 is 0. The molecule has 1 aromatic heterocycles. The normalized spacial score (nSPS) is 9.17. The number of carbonyl (C=O) groups excluding carboxylic acids is 1. The molecule has 0 N–H and O–H groups in total. The largest absolute Gasteiger partial charge is 0.513 e. The van der Waals surface area contributed by atoms with Gasteiger partial charge in [0.2, 0.25) is 0 Å². The van der Waals surface area contributed by atoms with Gasteiger partial charge in [0.25, 0.3) is 0 Å². The van der Waals surface area contributed by atoms with E-state index in [4.69, 9.17) is 4.74 Å². The van der Waals surface area contributed by atoms with Crippen LogP contribution in [0.25, 0.3) is 0 Å².